The number of aryl methyl sites for hydroxylation is 2. The van der Waals surface area contributed by atoms with Gasteiger partial charge < -0.3 is 10.1 Å². The standard InChI is InChI=1S/C15H22N4O/c1-6-20-14-8-7-13(9-16-14)17-10(2)15-11(3)18-19(5)12(15)4/h7-10,17H,6H2,1-5H3. The number of nitrogens with one attached hydrogen (secondary N) is 1. The zero-order valence-electron chi connectivity index (χ0n) is 12.8. The summed E-state index contributed by atoms with van der Waals surface area (Å²) in [5.74, 6) is 0.652. The third-order valence-corrected chi connectivity index (χ3v) is 3.41. The summed E-state index contributed by atoms with van der Waals surface area (Å²) in [7, 11) is 1.97. The lowest BCUT2D eigenvalue weighted by molar-refractivity contribution is 0.327. The summed E-state index contributed by atoms with van der Waals surface area (Å²) in [6.45, 7) is 8.84. The Morgan fingerprint density at radius 2 is 2.10 bits per heavy atom. The van der Waals surface area contributed by atoms with Crippen molar-refractivity contribution in [1.82, 2.24) is 14.8 Å². The Bertz CT molecular complexity index is 574. The summed E-state index contributed by atoms with van der Waals surface area (Å²) in [6, 6.07) is 4.04. The maximum atomic E-state index is 5.34. The van der Waals surface area contributed by atoms with Crippen LogP contribution in [0.3, 0.4) is 0 Å². The molecule has 0 fully saturated rings. The van der Waals surface area contributed by atoms with Gasteiger partial charge >= 0.3 is 0 Å². The van der Waals surface area contributed by atoms with E-state index in [-0.39, 0.29) is 6.04 Å². The summed E-state index contributed by atoms with van der Waals surface area (Å²) in [5, 5.41) is 7.90. The Hall–Kier alpha value is -2.04. The first-order valence-corrected chi connectivity index (χ1v) is 6.88. The number of nitrogens with zero attached hydrogens (tertiary/aromatic N) is 3. The number of rotatable bonds is 5. The fourth-order valence-electron chi connectivity index (χ4n) is 2.44. The van der Waals surface area contributed by atoms with E-state index in [4.69, 9.17) is 4.74 Å². The molecule has 0 radical (unpaired) electrons. The van der Waals surface area contributed by atoms with E-state index in [2.05, 4.69) is 29.2 Å². The van der Waals surface area contributed by atoms with Crippen LogP contribution in [-0.2, 0) is 7.05 Å². The molecular weight excluding hydrogens is 252 g/mol. The van der Waals surface area contributed by atoms with Gasteiger partial charge in [0.2, 0.25) is 5.88 Å². The normalized spacial score (nSPS) is 12.2. The fraction of sp³-hybridized carbons (Fsp3) is 0.467. The highest BCUT2D eigenvalue weighted by Crippen LogP contribution is 2.24. The molecule has 0 bridgehead atoms. The number of ether oxygens (including phenoxy) is 1. The first-order valence-electron chi connectivity index (χ1n) is 6.88. The Morgan fingerprint density at radius 3 is 2.60 bits per heavy atom. The maximum Gasteiger partial charge on any atom is 0.213 e. The highest BCUT2D eigenvalue weighted by molar-refractivity contribution is 5.45. The van der Waals surface area contributed by atoms with Gasteiger partial charge in [0.15, 0.2) is 0 Å². The molecule has 20 heavy (non-hydrogen) atoms. The van der Waals surface area contributed by atoms with Crippen molar-refractivity contribution in [2.75, 3.05) is 11.9 Å². The lowest BCUT2D eigenvalue weighted by atomic mass is 10.1. The summed E-state index contributed by atoms with van der Waals surface area (Å²) < 4.78 is 7.26. The van der Waals surface area contributed by atoms with Gasteiger partial charge in [0.25, 0.3) is 0 Å². The number of anilines is 1. The molecule has 2 aromatic heterocycles. The second kappa shape index (κ2) is 5.94. The molecule has 0 saturated carbocycles. The minimum atomic E-state index is 0.184. The van der Waals surface area contributed by atoms with Crippen LogP contribution in [-0.4, -0.2) is 21.4 Å². The molecule has 2 aromatic rings. The molecule has 1 unspecified atom stereocenters. The van der Waals surface area contributed by atoms with Crippen molar-refractivity contribution in [3.63, 3.8) is 0 Å². The number of hydrogen-bond acceptors (Lipinski definition) is 4. The molecule has 0 saturated heterocycles. The minimum absolute atomic E-state index is 0.184. The minimum Gasteiger partial charge on any atom is -0.478 e. The first kappa shape index (κ1) is 14.4. The van der Waals surface area contributed by atoms with Crippen molar-refractivity contribution in [1.29, 1.82) is 0 Å². The number of pyridine rings is 1. The highest BCUT2D eigenvalue weighted by Gasteiger charge is 2.16. The van der Waals surface area contributed by atoms with Crippen LogP contribution >= 0.6 is 0 Å². The Balaban J connectivity index is 2.12. The molecule has 1 atom stereocenters. The van der Waals surface area contributed by atoms with Crippen molar-refractivity contribution in [2.24, 2.45) is 7.05 Å². The van der Waals surface area contributed by atoms with Crippen LogP contribution in [0.5, 0.6) is 5.88 Å². The van der Waals surface area contributed by atoms with Crippen LogP contribution < -0.4 is 10.1 Å². The molecule has 0 aromatic carbocycles. The number of hydrogen-bond donors (Lipinski definition) is 1. The van der Waals surface area contributed by atoms with E-state index >= 15 is 0 Å². The largest absolute Gasteiger partial charge is 0.478 e. The second-order valence-corrected chi connectivity index (χ2v) is 4.89. The predicted octanol–water partition coefficient (Wildman–Crippen LogP) is 3.00. The van der Waals surface area contributed by atoms with E-state index < -0.39 is 0 Å². The molecule has 0 aliphatic rings. The molecular formula is C15H22N4O. The topological polar surface area (TPSA) is 52.0 Å². The van der Waals surface area contributed by atoms with Crippen LogP contribution in [0.15, 0.2) is 18.3 Å². The van der Waals surface area contributed by atoms with Gasteiger partial charge in [-0.2, -0.15) is 5.10 Å². The molecule has 0 aliphatic heterocycles. The monoisotopic (exact) mass is 274 g/mol. The van der Waals surface area contributed by atoms with E-state index in [1.807, 2.05) is 37.7 Å². The molecule has 5 nitrogen and oxygen atoms in total. The molecule has 2 rings (SSSR count). The summed E-state index contributed by atoms with van der Waals surface area (Å²) in [4.78, 5) is 4.26. The number of aromatic nitrogens is 3. The van der Waals surface area contributed by atoms with E-state index in [0.717, 1.165) is 11.4 Å². The SMILES string of the molecule is CCOc1ccc(NC(C)c2c(C)nn(C)c2C)cn1. The van der Waals surface area contributed by atoms with E-state index in [1.54, 1.807) is 6.20 Å². The summed E-state index contributed by atoms with van der Waals surface area (Å²) >= 11 is 0. The van der Waals surface area contributed by atoms with E-state index in [1.165, 1.54) is 11.3 Å². The van der Waals surface area contributed by atoms with Gasteiger partial charge in [0.05, 0.1) is 30.2 Å². The maximum absolute atomic E-state index is 5.34. The van der Waals surface area contributed by atoms with Gasteiger partial charge in [0, 0.05) is 24.4 Å². The van der Waals surface area contributed by atoms with Crippen molar-refractivity contribution in [3.8, 4) is 5.88 Å². The average molecular weight is 274 g/mol. The van der Waals surface area contributed by atoms with Gasteiger partial charge in [-0.25, -0.2) is 4.98 Å². The zero-order chi connectivity index (χ0) is 14.7. The Kier molecular flexibility index (Phi) is 4.27. The molecule has 5 heteroatoms. The van der Waals surface area contributed by atoms with Crippen LogP contribution in [0.1, 0.15) is 36.8 Å². The third-order valence-electron chi connectivity index (χ3n) is 3.41. The quantitative estimate of drug-likeness (QED) is 0.910. The molecule has 108 valence electrons. The van der Waals surface area contributed by atoms with Crippen LogP contribution in [0.4, 0.5) is 5.69 Å². The average Bonchev–Trinajstić information content (AvgIpc) is 2.66. The molecule has 1 N–H and O–H groups in total. The van der Waals surface area contributed by atoms with Crippen LogP contribution in [0, 0.1) is 13.8 Å². The van der Waals surface area contributed by atoms with Crippen molar-refractivity contribution >= 4 is 5.69 Å². The Morgan fingerprint density at radius 1 is 1.35 bits per heavy atom. The smallest absolute Gasteiger partial charge is 0.213 e. The third kappa shape index (κ3) is 2.92. The van der Waals surface area contributed by atoms with E-state index in [9.17, 15) is 0 Å². The van der Waals surface area contributed by atoms with Crippen molar-refractivity contribution in [2.45, 2.75) is 33.7 Å². The van der Waals surface area contributed by atoms with Crippen molar-refractivity contribution < 1.29 is 4.74 Å². The molecule has 2 heterocycles. The van der Waals surface area contributed by atoms with Gasteiger partial charge in [-0.05, 0) is 33.8 Å². The summed E-state index contributed by atoms with van der Waals surface area (Å²) in [6.07, 6.45) is 1.79. The van der Waals surface area contributed by atoms with Crippen LogP contribution in [0.2, 0.25) is 0 Å². The second-order valence-electron chi connectivity index (χ2n) is 4.89. The van der Waals surface area contributed by atoms with Gasteiger partial charge in [-0.15, -0.1) is 0 Å². The zero-order valence-corrected chi connectivity index (χ0v) is 12.8. The van der Waals surface area contributed by atoms with Crippen molar-refractivity contribution in [3.05, 3.63) is 35.3 Å². The lowest BCUT2D eigenvalue weighted by Crippen LogP contribution is -2.09. The molecule has 0 aliphatic carbocycles. The highest BCUT2D eigenvalue weighted by atomic mass is 16.5. The Labute approximate surface area is 120 Å². The summed E-state index contributed by atoms with van der Waals surface area (Å²) in [5.41, 5.74) is 4.45. The van der Waals surface area contributed by atoms with Crippen LogP contribution in [0.25, 0.3) is 0 Å². The lowest BCUT2D eigenvalue weighted by Gasteiger charge is -2.16. The first-order chi connectivity index (χ1) is 9.52. The molecule has 0 amide bonds. The van der Waals surface area contributed by atoms with Gasteiger partial charge in [0.1, 0.15) is 0 Å². The molecule has 0 spiro atoms. The predicted molar refractivity (Wildman–Crippen MR) is 80.1 cm³/mol. The van der Waals surface area contributed by atoms with Gasteiger partial charge in [-0.1, -0.05) is 0 Å². The van der Waals surface area contributed by atoms with E-state index in [0.29, 0.717) is 12.5 Å². The van der Waals surface area contributed by atoms with Gasteiger partial charge in [-0.3, -0.25) is 4.68 Å². The fourth-order valence-corrected chi connectivity index (χ4v) is 2.44.